The highest BCUT2D eigenvalue weighted by Gasteiger charge is 2.24. The first-order valence-corrected chi connectivity index (χ1v) is 6.98. The lowest BCUT2D eigenvalue weighted by Crippen LogP contribution is -2.44. The molecule has 114 valence electrons. The highest BCUT2D eigenvalue weighted by molar-refractivity contribution is 6.35. The highest BCUT2D eigenvalue weighted by atomic mass is 35.5. The number of rotatable bonds is 5. The fourth-order valence-electron chi connectivity index (χ4n) is 2.04. The van der Waals surface area contributed by atoms with Crippen molar-refractivity contribution in [3.8, 4) is 5.75 Å². The summed E-state index contributed by atoms with van der Waals surface area (Å²) in [4.78, 5) is 23.0. The normalized spacial score (nSPS) is 16.0. The Hall–Kier alpha value is -1.79. The van der Waals surface area contributed by atoms with E-state index in [1.165, 1.54) is 7.11 Å². The van der Waals surface area contributed by atoms with Crippen LogP contribution < -0.4 is 15.4 Å². The molecule has 0 fully saturated rings. The Bertz CT molecular complexity index is 536. The van der Waals surface area contributed by atoms with Crippen LogP contribution in [-0.2, 0) is 20.7 Å². The van der Waals surface area contributed by atoms with Gasteiger partial charge in [0.1, 0.15) is 11.9 Å². The predicted octanol–water partition coefficient (Wildman–Crippen LogP) is 0.522. The number of amides is 2. The molecule has 0 aliphatic carbocycles. The number of hydrogen-bond donors (Lipinski definition) is 2. The van der Waals surface area contributed by atoms with Gasteiger partial charge < -0.3 is 20.1 Å². The highest BCUT2D eigenvalue weighted by Crippen LogP contribution is 2.30. The van der Waals surface area contributed by atoms with Crippen molar-refractivity contribution in [2.75, 3.05) is 26.8 Å². The second-order valence-electron chi connectivity index (χ2n) is 4.65. The lowest BCUT2D eigenvalue weighted by molar-refractivity contribution is -0.139. The number of benzene rings is 1. The first kappa shape index (κ1) is 15.6. The van der Waals surface area contributed by atoms with Gasteiger partial charge in [-0.25, -0.2) is 0 Å². The van der Waals surface area contributed by atoms with E-state index in [2.05, 4.69) is 10.6 Å². The molecule has 0 spiro atoms. The lowest BCUT2D eigenvalue weighted by atomic mass is 10.1. The number of carbonyl (C=O) groups is 2. The molecule has 0 bridgehead atoms. The Kier molecular flexibility index (Phi) is 5.41. The quantitative estimate of drug-likeness (QED) is 0.614. The zero-order valence-corrected chi connectivity index (χ0v) is 12.4. The van der Waals surface area contributed by atoms with Gasteiger partial charge in [0.2, 0.25) is 0 Å². The predicted molar refractivity (Wildman–Crippen MR) is 77.5 cm³/mol. The van der Waals surface area contributed by atoms with E-state index in [1.54, 1.807) is 12.1 Å². The van der Waals surface area contributed by atoms with Crippen molar-refractivity contribution in [3.63, 3.8) is 0 Å². The van der Waals surface area contributed by atoms with Gasteiger partial charge >= 0.3 is 11.8 Å². The molecule has 1 aromatic rings. The van der Waals surface area contributed by atoms with Crippen LogP contribution >= 0.6 is 11.6 Å². The second kappa shape index (κ2) is 7.28. The van der Waals surface area contributed by atoms with E-state index in [0.717, 1.165) is 11.3 Å². The maximum Gasteiger partial charge on any atom is 0.309 e. The molecular weight excluding hydrogens is 296 g/mol. The summed E-state index contributed by atoms with van der Waals surface area (Å²) in [6.07, 6.45) is 0.468. The average molecular weight is 313 g/mol. The first-order valence-electron chi connectivity index (χ1n) is 6.60. The Morgan fingerprint density at radius 2 is 2.14 bits per heavy atom. The Morgan fingerprint density at radius 1 is 1.38 bits per heavy atom. The molecule has 0 saturated carbocycles. The zero-order chi connectivity index (χ0) is 15.2. The number of nitrogens with one attached hydrogen (secondary N) is 2. The van der Waals surface area contributed by atoms with E-state index >= 15 is 0 Å². The van der Waals surface area contributed by atoms with Gasteiger partial charge in [0.15, 0.2) is 0 Å². The van der Waals surface area contributed by atoms with Crippen LogP contribution in [0.25, 0.3) is 0 Å². The largest absolute Gasteiger partial charge is 0.488 e. The van der Waals surface area contributed by atoms with Gasteiger partial charge in [-0.1, -0.05) is 11.6 Å². The van der Waals surface area contributed by atoms with Crippen molar-refractivity contribution in [3.05, 3.63) is 28.8 Å². The summed E-state index contributed by atoms with van der Waals surface area (Å²) in [5.41, 5.74) is 1.01. The molecule has 2 N–H and O–H groups in total. The molecule has 1 aliphatic heterocycles. The third-order valence-electron chi connectivity index (χ3n) is 3.05. The van der Waals surface area contributed by atoms with Crippen LogP contribution in [0.2, 0.25) is 5.02 Å². The van der Waals surface area contributed by atoms with E-state index in [1.807, 2.05) is 6.07 Å². The lowest BCUT2D eigenvalue weighted by Gasteiger charge is -2.11. The summed E-state index contributed by atoms with van der Waals surface area (Å²) in [6, 6.07) is 5.40. The fraction of sp³-hybridized carbons (Fsp3) is 0.429. The van der Waals surface area contributed by atoms with Crippen LogP contribution in [0.3, 0.4) is 0 Å². The van der Waals surface area contributed by atoms with Gasteiger partial charge in [-0.15, -0.1) is 0 Å². The SMILES string of the molecule is COCCNC(=O)C(=O)NCC1Cc2cc(Cl)ccc2O1. The monoisotopic (exact) mass is 312 g/mol. The molecule has 0 saturated heterocycles. The van der Waals surface area contributed by atoms with Crippen molar-refractivity contribution in [2.24, 2.45) is 0 Å². The smallest absolute Gasteiger partial charge is 0.309 e. The van der Waals surface area contributed by atoms with Crippen LogP contribution in [0.5, 0.6) is 5.75 Å². The molecule has 2 rings (SSSR count). The van der Waals surface area contributed by atoms with Gasteiger partial charge in [-0.05, 0) is 23.8 Å². The van der Waals surface area contributed by atoms with Crippen molar-refractivity contribution in [1.29, 1.82) is 0 Å². The van der Waals surface area contributed by atoms with Crippen molar-refractivity contribution in [2.45, 2.75) is 12.5 Å². The minimum atomic E-state index is -0.677. The number of ether oxygens (including phenoxy) is 2. The minimum Gasteiger partial charge on any atom is -0.488 e. The maximum atomic E-state index is 11.6. The molecule has 1 aromatic carbocycles. The third-order valence-corrected chi connectivity index (χ3v) is 3.29. The Balaban J connectivity index is 1.75. The van der Waals surface area contributed by atoms with E-state index in [9.17, 15) is 9.59 Å². The van der Waals surface area contributed by atoms with Crippen LogP contribution in [0.4, 0.5) is 0 Å². The molecule has 1 atom stereocenters. The molecule has 2 amide bonds. The van der Waals surface area contributed by atoms with Crippen LogP contribution in [0, 0.1) is 0 Å². The summed E-state index contributed by atoms with van der Waals surface area (Å²) in [5, 5.41) is 5.65. The summed E-state index contributed by atoms with van der Waals surface area (Å²) < 4.78 is 10.4. The van der Waals surface area contributed by atoms with Gasteiger partial charge in [-0.2, -0.15) is 0 Å². The molecule has 1 unspecified atom stereocenters. The Morgan fingerprint density at radius 3 is 2.90 bits per heavy atom. The number of fused-ring (bicyclic) bond motifs is 1. The summed E-state index contributed by atoms with van der Waals surface area (Å²) in [5.74, 6) is -0.586. The first-order chi connectivity index (χ1) is 10.1. The average Bonchev–Trinajstić information content (AvgIpc) is 2.86. The van der Waals surface area contributed by atoms with Crippen molar-refractivity contribution >= 4 is 23.4 Å². The van der Waals surface area contributed by atoms with E-state index < -0.39 is 11.8 Å². The van der Waals surface area contributed by atoms with Gasteiger partial charge in [-0.3, -0.25) is 9.59 Å². The molecule has 0 radical (unpaired) electrons. The molecule has 7 heteroatoms. The Labute approximate surface area is 127 Å². The van der Waals surface area contributed by atoms with Crippen LogP contribution in [0.1, 0.15) is 5.56 Å². The van der Waals surface area contributed by atoms with Gasteiger partial charge in [0.05, 0.1) is 13.2 Å². The number of halogens is 1. The van der Waals surface area contributed by atoms with Crippen molar-refractivity contribution in [1.82, 2.24) is 10.6 Å². The topological polar surface area (TPSA) is 76.7 Å². The number of carbonyl (C=O) groups excluding carboxylic acids is 2. The molecular formula is C14H17ClN2O4. The standard InChI is InChI=1S/C14H17ClN2O4/c1-20-5-4-16-13(18)14(19)17-8-11-7-9-6-10(15)2-3-12(9)21-11/h2-3,6,11H,4-5,7-8H2,1H3,(H,16,18)(H,17,19). The minimum absolute atomic E-state index is 0.186. The maximum absolute atomic E-state index is 11.6. The summed E-state index contributed by atoms with van der Waals surface area (Å²) in [6.45, 7) is 0.927. The molecule has 21 heavy (non-hydrogen) atoms. The van der Waals surface area contributed by atoms with E-state index in [0.29, 0.717) is 24.6 Å². The van der Waals surface area contributed by atoms with Crippen LogP contribution in [0.15, 0.2) is 18.2 Å². The number of hydrogen-bond acceptors (Lipinski definition) is 4. The zero-order valence-electron chi connectivity index (χ0n) is 11.6. The summed E-state index contributed by atoms with van der Waals surface area (Å²) in [7, 11) is 1.52. The van der Waals surface area contributed by atoms with Gasteiger partial charge in [0, 0.05) is 25.1 Å². The number of methoxy groups -OCH3 is 1. The molecule has 6 nitrogen and oxygen atoms in total. The second-order valence-corrected chi connectivity index (χ2v) is 5.09. The summed E-state index contributed by atoms with van der Waals surface area (Å²) >= 11 is 5.91. The van der Waals surface area contributed by atoms with Crippen molar-refractivity contribution < 1.29 is 19.1 Å². The van der Waals surface area contributed by atoms with Crippen LogP contribution in [-0.4, -0.2) is 44.7 Å². The van der Waals surface area contributed by atoms with E-state index in [-0.39, 0.29) is 12.6 Å². The third kappa shape index (κ3) is 4.34. The van der Waals surface area contributed by atoms with Gasteiger partial charge in [0.25, 0.3) is 0 Å². The van der Waals surface area contributed by atoms with E-state index in [4.69, 9.17) is 21.1 Å². The fourth-order valence-corrected chi connectivity index (χ4v) is 2.23. The molecule has 0 aromatic heterocycles. The molecule has 1 aliphatic rings. The molecule has 1 heterocycles.